The van der Waals surface area contributed by atoms with Crippen molar-refractivity contribution in [3.8, 4) is 10.7 Å². The smallest absolute Gasteiger partial charge is 0.227 e. The van der Waals surface area contributed by atoms with Gasteiger partial charge in [0.25, 0.3) is 0 Å². The highest BCUT2D eigenvalue weighted by Gasteiger charge is 2.27. The van der Waals surface area contributed by atoms with Crippen molar-refractivity contribution in [1.29, 1.82) is 0 Å². The summed E-state index contributed by atoms with van der Waals surface area (Å²) in [6.07, 6.45) is 3.73. The van der Waals surface area contributed by atoms with Crippen molar-refractivity contribution in [3.63, 3.8) is 0 Å². The predicted molar refractivity (Wildman–Crippen MR) is 82.2 cm³/mol. The van der Waals surface area contributed by atoms with Crippen molar-refractivity contribution in [2.45, 2.75) is 38.2 Å². The van der Waals surface area contributed by atoms with Crippen LogP contribution in [0.5, 0.6) is 0 Å². The molecule has 3 heterocycles. The first-order valence-electron chi connectivity index (χ1n) is 7.44. The van der Waals surface area contributed by atoms with Gasteiger partial charge >= 0.3 is 0 Å². The van der Waals surface area contributed by atoms with Gasteiger partial charge in [-0.05, 0) is 50.7 Å². The SMILES string of the molecule is CC1(O)CCCN(CCCc2nc(-c3cccs3)no2)C1. The average Bonchev–Trinajstić information content (AvgIpc) is 3.08. The third kappa shape index (κ3) is 3.90. The zero-order valence-electron chi connectivity index (χ0n) is 12.3. The van der Waals surface area contributed by atoms with Crippen LogP contribution < -0.4 is 0 Å². The molecule has 6 heteroatoms. The van der Waals surface area contributed by atoms with E-state index in [1.54, 1.807) is 11.3 Å². The second-order valence-electron chi connectivity index (χ2n) is 5.97. The molecule has 2 aromatic heterocycles. The van der Waals surface area contributed by atoms with Gasteiger partial charge in [0, 0.05) is 13.0 Å². The monoisotopic (exact) mass is 307 g/mol. The molecule has 1 N–H and O–H groups in total. The van der Waals surface area contributed by atoms with E-state index in [9.17, 15) is 5.11 Å². The minimum Gasteiger partial charge on any atom is -0.389 e. The number of hydrogen-bond donors (Lipinski definition) is 1. The fourth-order valence-electron chi connectivity index (χ4n) is 2.83. The molecule has 1 aliphatic rings. The first kappa shape index (κ1) is 14.7. The molecular weight excluding hydrogens is 286 g/mol. The maximum atomic E-state index is 10.1. The summed E-state index contributed by atoms with van der Waals surface area (Å²) in [4.78, 5) is 7.79. The highest BCUT2D eigenvalue weighted by atomic mass is 32.1. The zero-order chi connectivity index (χ0) is 14.7. The fraction of sp³-hybridized carbons (Fsp3) is 0.600. The number of likely N-dealkylation sites (tertiary alicyclic amines) is 1. The number of aryl methyl sites for hydroxylation is 1. The molecule has 0 spiro atoms. The standard InChI is InChI=1S/C15H21N3O2S/c1-15(19)7-4-9-18(11-15)8-2-6-13-16-14(17-20-13)12-5-3-10-21-12/h3,5,10,19H,2,4,6-9,11H2,1H3. The molecule has 1 aliphatic heterocycles. The topological polar surface area (TPSA) is 62.4 Å². The summed E-state index contributed by atoms with van der Waals surface area (Å²) in [6, 6.07) is 3.98. The summed E-state index contributed by atoms with van der Waals surface area (Å²) >= 11 is 1.61. The van der Waals surface area contributed by atoms with Crippen molar-refractivity contribution in [1.82, 2.24) is 15.0 Å². The number of piperidine rings is 1. The second-order valence-corrected chi connectivity index (χ2v) is 6.92. The Balaban J connectivity index is 1.47. The number of aliphatic hydroxyl groups is 1. The van der Waals surface area contributed by atoms with Gasteiger partial charge in [-0.2, -0.15) is 4.98 Å². The Hall–Kier alpha value is -1.24. The Morgan fingerprint density at radius 3 is 3.19 bits per heavy atom. The van der Waals surface area contributed by atoms with Gasteiger partial charge in [-0.3, -0.25) is 0 Å². The van der Waals surface area contributed by atoms with Crippen LogP contribution >= 0.6 is 11.3 Å². The molecule has 0 saturated carbocycles. The van der Waals surface area contributed by atoms with Crippen LogP contribution in [0.1, 0.15) is 32.1 Å². The third-order valence-corrected chi connectivity index (χ3v) is 4.69. The van der Waals surface area contributed by atoms with E-state index in [-0.39, 0.29) is 0 Å². The summed E-state index contributed by atoms with van der Waals surface area (Å²) < 4.78 is 5.30. The van der Waals surface area contributed by atoms with Crippen LogP contribution in [-0.4, -0.2) is 45.4 Å². The van der Waals surface area contributed by atoms with Crippen molar-refractivity contribution in [2.24, 2.45) is 0 Å². The number of nitrogens with zero attached hydrogens (tertiary/aromatic N) is 3. The largest absolute Gasteiger partial charge is 0.389 e. The van der Waals surface area contributed by atoms with E-state index in [0.29, 0.717) is 11.7 Å². The van der Waals surface area contributed by atoms with E-state index in [2.05, 4.69) is 15.0 Å². The molecule has 0 radical (unpaired) electrons. The molecule has 2 aromatic rings. The molecule has 1 saturated heterocycles. The number of hydrogen-bond acceptors (Lipinski definition) is 6. The van der Waals surface area contributed by atoms with Gasteiger partial charge < -0.3 is 14.5 Å². The highest BCUT2D eigenvalue weighted by molar-refractivity contribution is 7.13. The Labute approximate surface area is 128 Å². The summed E-state index contributed by atoms with van der Waals surface area (Å²) in [6.45, 7) is 4.72. The molecule has 1 fully saturated rings. The normalized spacial score (nSPS) is 23.5. The van der Waals surface area contributed by atoms with Gasteiger partial charge in [0.05, 0.1) is 10.5 Å². The molecule has 21 heavy (non-hydrogen) atoms. The Bertz CT molecular complexity index is 565. The summed E-state index contributed by atoms with van der Waals surface area (Å²) in [5.74, 6) is 1.38. The Morgan fingerprint density at radius 1 is 1.52 bits per heavy atom. The van der Waals surface area contributed by atoms with Crippen LogP contribution in [-0.2, 0) is 6.42 Å². The lowest BCUT2D eigenvalue weighted by molar-refractivity contribution is -0.0157. The van der Waals surface area contributed by atoms with Crippen molar-refractivity contribution < 1.29 is 9.63 Å². The number of rotatable bonds is 5. The molecule has 0 amide bonds. The van der Waals surface area contributed by atoms with Gasteiger partial charge in [0.2, 0.25) is 11.7 Å². The van der Waals surface area contributed by atoms with Crippen molar-refractivity contribution in [2.75, 3.05) is 19.6 Å². The lowest BCUT2D eigenvalue weighted by atomic mass is 9.95. The number of β-amino-alcohol motifs (C(OH)–C–C–N with tert-alkyl or cyclic N) is 1. The van der Waals surface area contributed by atoms with Crippen LogP contribution in [0, 0.1) is 0 Å². The van der Waals surface area contributed by atoms with Gasteiger partial charge in [-0.25, -0.2) is 0 Å². The van der Waals surface area contributed by atoms with Crippen LogP contribution in [0.15, 0.2) is 22.0 Å². The Morgan fingerprint density at radius 2 is 2.43 bits per heavy atom. The van der Waals surface area contributed by atoms with Crippen LogP contribution in [0.25, 0.3) is 10.7 Å². The molecule has 0 bridgehead atoms. The highest BCUT2D eigenvalue weighted by Crippen LogP contribution is 2.22. The van der Waals surface area contributed by atoms with E-state index in [4.69, 9.17) is 4.52 Å². The molecule has 1 unspecified atom stereocenters. The van der Waals surface area contributed by atoms with E-state index < -0.39 is 5.60 Å². The Kier molecular flexibility index (Phi) is 4.37. The zero-order valence-corrected chi connectivity index (χ0v) is 13.1. The van der Waals surface area contributed by atoms with Crippen molar-refractivity contribution >= 4 is 11.3 Å². The average molecular weight is 307 g/mol. The first-order valence-corrected chi connectivity index (χ1v) is 8.32. The van der Waals surface area contributed by atoms with Gasteiger partial charge in [0.15, 0.2) is 0 Å². The first-order chi connectivity index (χ1) is 10.1. The molecule has 1 atom stereocenters. The van der Waals surface area contributed by atoms with Gasteiger partial charge in [-0.1, -0.05) is 11.2 Å². The molecule has 0 aromatic carbocycles. The van der Waals surface area contributed by atoms with Gasteiger partial charge in [0.1, 0.15) is 0 Å². The number of aromatic nitrogens is 2. The molecular formula is C15H21N3O2S. The fourth-order valence-corrected chi connectivity index (χ4v) is 3.48. The minimum atomic E-state index is -0.533. The quantitative estimate of drug-likeness (QED) is 0.920. The lowest BCUT2D eigenvalue weighted by Gasteiger charge is -2.36. The van der Waals surface area contributed by atoms with Gasteiger partial charge in [-0.15, -0.1) is 11.3 Å². The second kappa shape index (κ2) is 6.25. The van der Waals surface area contributed by atoms with Crippen molar-refractivity contribution in [3.05, 3.63) is 23.4 Å². The maximum absolute atomic E-state index is 10.1. The number of thiophene rings is 1. The summed E-state index contributed by atoms with van der Waals surface area (Å²) in [5.41, 5.74) is -0.533. The van der Waals surface area contributed by atoms with Crippen LogP contribution in [0.3, 0.4) is 0 Å². The molecule has 0 aliphatic carbocycles. The summed E-state index contributed by atoms with van der Waals surface area (Å²) in [5, 5.41) is 16.1. The molecule has 114 valence electrons. The van der Waals surface area contributed by atoms with E-state index in [1.165, 1.54) is 0 Å². The molecule has 5 nitrogen and oxygen atoms in total. The third-order valence-electron chi connectivity index (χ3n) is 3.83. The van der Waals surface area contributed by atoms with E-state index in [1.807, 2.05) is 24.4 Å². The van der Waals surface area contributed by atoms with Crippen LogP contribution in [0.2, 0.25) is 0 Å². The van der Waals surface area contributed by atoms with E-state index >= 15 is 0 Å². The maximum Gasteiger partial charge on any atom is 0.227 e. The lowest BCUT2D eigenvalue weighted by Crippen LogP contribution is -2.46. The minimum absolute atomic E-state index is 0.533. The summed E-state index contributed by atoms with van der Waals surface area (Å²) in [7, 11) is 0. The molecule has 3 rings (SSSR count). The van der Waals surface area contributed by atoms with E-state index in [0.717, 1.165) is 50.2 Å². The predicted octanol–water partition coefficient (Wildman–Crippen LogP) is 2.58. The van der Waals surface area contributed by atoms with Crippen LogP contribution in [0.4, 0.5) is 0 Å².